The Morgan fingerprint density at radius 3 is 2.74 bits per heavy atom. The number of carbonyl (C=O) groups excluding carboxylic acids is 2. The van der Waals surface area contributed by atoms with E-state index >= 15 is 0 Å². The van der Waals surface area contributed by atoms with Gasteiger partial charge < -0.3 is 15.2 Å². The largest absolute Gasteiger partial charge is 0.361 e. The van der Waals surface area contributed by atoms with Gasteiger partial charge in [0.15, 0.2) is 5.69 Å². The third-order valence-electron chi connectivity index (χ3n) is 4.78. The van der Waals surface area contributed by atoms with E-state index in [1.165, 1.54) is 5.56 Å². The molecule has 0 spiro atoms. The molecule has 1 aromatic heterocycles. The molecule has 0 saturated carbocycles. The van der Waals surface area contributed by atoms with Gasteiger partial charge in [0.1, 0.15) is 5.76 Å². The standard InChI is InChI=1S/C20H26N4O3/c1-3-21-20(26)18-12-16(22-19(25)17-11-14(2)27-23-17)13-24(18)10-9-15-7-5-4-6-8-15/h4-8,11,16,18H,3,9-10,12-13H2,1-2H3,(H,21,26)(H,22,25)/t16-,18+/m1/s1. The third kappa shape index (κ3) is 4.95. The smallest absolute Gasteiger partial charge is 0.273 e. The highest BCUT2D eigenvalue weighted by molar-refractivity contribution is 5.92. The average Bonchev–Trinajstić information content (AvgIpc) is 3.27. The molecule has 1 aromatic carbocycles. The number of hydrogen-bond acceptors (Lipinski definition) is 5. The normalized spacial score (nSPS) is 19.8. The number of aryl methyl sites for hydroxylation is 1. The van der Waals surface area contributed by atoms with Gasteiger partial charge in [-0.15, -0.1) is 0 Å². The van der Waals surface area contributed by atoms with Crippen LogP contribution in [0, 0.1) is 6.92 Å². The molecule has 7 nitrogen and oxygen atoms in total. The Labute approximate surface area is 159 Å². The van der Waals surface area contributed by atoms with Crippen LogP contribution in [-0.4, -0.2) is 53.6 Å². The summed E-state index contributed by atoms with van der Waals surface area (Å²) in [6, 6.07) is 11.5. The molecular formula is C20H26N4O3. The van der Waals surface area contributed by atoms with E-state index in [9.17, 15) is 9.59 Å². The summed E-state index contributed by atoms with van der Waals surface area (Å²) in [4.78, 5) is 27.0. The van der Waals surface area contributed by atoms with E-state index in [-0.39, 0.29) is 29.6 Å². The van der Waals surface area contributed by atoms with Gasteiger partial charge in [0.2, 0.25) is 5.91 Å². The van der Waals surface area contributed by atoms with Crippen LogP contribution in [0.4, 0.5) is 0 Å². The first-order valence-electron chi connectivity index (χ1n) is 9.36. The van der Waals surface area contributed by atoms with Gasteiger partial charge in [-0.1, -0.05) is 35.5 Å². The van der Waals surface area contributed by atoms with Gasteiger partial charge in [0, 0.05) is 31.7 Å². The molecule has 0 aliphatic carbocycles. The molecule has 27 heavy (non-hydrogen) atoms. The SMILES string of the molecule is CCNC(=O)[C@@H]1C[C@@H](NC(=O)c2cc(C)on2)CN1CCc1ccccc1. The minimum absolute atomic E-state index is 0.0135. The molecule has 0 radical (unpaired) electrons. The quantitative estimate of drug-likeness (QED) is 0.772. The molecule has 1 aliphatic rings. The van der Waals surface area contributed by atoms with Crippen LogP contribution in [0.2, 0.25) is 0 Å². The Kier molecular flexibility index (Phi) is 6.24. The van der Waals surface area contributed by atoms with Crippen LogP contribution in [-0.2, 0) is 11.2 Å². The van der Waals surface area contributed by atoms with Gasteiger partial charge in [-0.2, -0.15) is 0 Å². The van der Waals surface area contributed by atoms with E-state index in [4.69, 9.17) is 4.52 Å². The zero-order valence-corrected chi connectivity index (χ0v) is 15.8. The number of aromatic nitrogens is 1. The van der Waals surface area contributed by atoms with Crippen molar-refractivity contribution >= 4 is 11.8 Å². The summed E-state index contributed by atoms with van der Waals surface area (Å²) in [6.07, 6.45) is 1.45. The Morgan fingerprint density at radius 1 is 1.30 bits per heavy atom. The maximum atomic E-state index is 12.5. The number of amides is 2. The van der Waals surface area contributed by atoms with Gasteiger partial charge in [0.25, 0.3) is 5.91 Å². The van der Waals surface area contributed by atoms with E-state index in [0.717, 1.165) is 13.0 Å². The van der Waals surface area contributed by atoms with E-state index < -0.39 is 0 Å². The highest BCUT2D eigenvalue weighted by Gasteiger charge is 2.37. The lowest BCUT2D eigenvalue weighted by Gasteiger charge is -2.23. The van der Waals surface area contributed by atoms with Crippen LogP contribution in [0.5, 0.6) is 0 Å². The third-order valence-corrected chi connectivity index (χ3v) is 4.78. The zero-order valence-electron chi connectivity index (χ0n) is 15.8. The van der Waals surface area contributed by atoms with Gasteiger partial charge in [0.05, 0.1) is 6.04 Å². The first kappa shape index (κ1) is 19.1. The van der Waals surface area contributed by atoms with E-state index in [1.807, 2.05) is 25.1 Å². The van der Waals surface area contributed by atoms with Crippen LogP contribution in [0.3, 0.4) is 0 Å². The Bertz CT molecular complexity index is 775. The summed E-state index contributed by atoms with van der Waals surface area (Å²) in [5.41, 5.74) is 1.50. The molecule has 2 atom stereocenters. The van der Waals surface area contributed by atoms with Crippen LogP contribution < -0.4 is 10.6 Å². The summed E-state index contributed by atoms with van der Waals surface area (Å²) in [5.74, 6) is 0.340. The van der Waals surface area contributed by atoms with E-state index in [2.05, 4.69) is 32.8 Å². The average molecular weight is 370 g/mol. The second-order valence-electron chi connectivity index (χ2n) is 6.87. The van der Waals surface area contributed by atoms with Crippen LogP contribution >= 0.6 is 0 Å². The molecule has 7 heteroatoms. The molecule has 2 aromatic rings. The number of carbonyl (C=O) groups is 2. The topological polar surface area (TPSA) is 87.5 Å². The first-order valence-corrected chi connectivity index (χ1v) is 9.36. The Balaban J connectivity index is 1.63. The van der Waals surface area contributed by atoms with Crippen molar-refractivity contribution in [2.24, 2.45) is 0 Å². The minimum atomic E-state index is -0.267. The predicted octanol–water partition coefficient (Wildman–Crippen LogP) is 1.53. The van der Waals surface area contributed by atoms with Crippen molar-refractivity contribution in [2.75, 3.05) is 19.6 Å². The summed E-state index contributed by atoms with van der Waals surface area (Å²) in [7, 11) is 0. The van der Waals surface area contributed by atoms with Gasteiger partial charge in [-0.05, 0) is 32.3 Å². The number of rotatable bonds is 7. The molecule has 3 rings (SSSR count). The summed E-state index contributed by atoms with van der Waals surface area (Å²) in [5, 5.41) is 9.64. The van der Waals surface area contributed by atoms with E-state index in [1.54, 1.807) is 13.0 Å². The molecule has 2 heterocycles. The highest BCUT2D eigenvalue weighted by atomic mass is 16.5. The molecule has 0 unspecified atom stereocenters. The number of nitrogens with zero attached hydrogens (tertiary/aromatic N) is 2. The fraction of sp³-hybridized carbons (Fsp3) is 0.450. The zero-order chi connectivity index (χ0) is 19.2. The molecule has 1 saturated heterocycles. The van der Waals surface area contributed by atoms with Crippen molar-refractivity contribution in [3.8, 4) is 0 Å². The predicted molar refractivity (Wildman–Crippen MR) is 101 cm³/mol. The second kappa shape index (κ2) is 8.81. The molecule has 2 amide bonds. The summed E-state index contributed by atoms with van der Waals surface area (Å²) < 4.78 is 4.96. The lowest BCUT2D eigenvalue weighted by Crippen LogP contribution is -2.43. The number of nitrogens with one attached hydrogen (secondary N) is 2. The lowest BCUT2D eigenvalue weighted by atomic mass is 10.1. The van der Waals surface area contributed by atoms with Crippen LogP contribution in [0.1, 0.15) is 35.2 Å². The van der Waals surface area contributed by atoms with Crippen molar-refractivity contribution < 1.29 is 14.1 Å². The second-order valence-corrected chi connectivity index (χ2v) is 6.87. The molecule has 2 N–H and O–H groups in total. The van der Waals surface area contributed by atoms with Crippen LogP contribution in [0.25, 0.3) is 0 Å². The van der Waals surface area contributed by atoms with Gasteiger partial charge >= 0.3 is 0 Å². The minimum Gasteiger partial charge on any atom is -0.361 e. The number of likely N-dealkylation sites (tertiary alicyclic amines) is 1. The van der Waals surface area contributed by atoms with Crippen molar-refractivity contribution in [3.63, 3.8) is 0 Å². The van der Waals surface area contributed by atoms with Crippen molar-refractivity contribution in [1.29, 1.82) is 0 Å². The monoisotopic (exact) mass is 370 g/mol. The fourth-order valence-electron chi connectivity index (χ4n) is 3.47. The number of hydrogen-bond donors (Lipinski definition) is 2. The highest BCUT2D eigenvalue weighted by Crippen LogP contribution is 2.19. The molecule has 1 fully saturated rings. The molecular weight excluding hydrogens is 344 g/mol. The fourth-order valence-corrected chi connectivity index (χ4v) is 3.47. The van der Waals surface area contributed by atoms with Crippen molar-refractivity contribution in [2.45, 2.75) is 38.8 Å². The van der Waals surface area contributed by atoms with E-state index in [0.29, 0.717) is 25.3 Å². The van der Waals surface area contributed by atoms with Crippen molar-refractivity contribution in [1.82, 2.24) is 20.7 Å². The Hall–Kier alpha value is -2.67. The molecule has 0 bridgehead atoms. The number of likely N-dealkylation sites (N-methyl/N-ethyl adjacent to an activating group) is 1. The maximum Gasteiger partial charge on any atom is 0.273 e. The van der Waals surface area contributed by atoms with Gasteiger partial charge in [-0.25, -0.2) is 0 Å². The number of benzene rings is 1. The van der Waals surface area contributed by atoms with Gasteiger partial charge in [-0.3, -0.25) is 14.5 Å². The maximum absolute atomic E-state index is 12.5. The van der Waals surface area contributed by atoms with Crippen molar-refractivity contribution in [3.05, 3.63) is 53.4 Å². The lowest BCUT2D eigenvalue weighted by molar-refractivity contribution is -0.125. The summed E-state index contributed by atoms with van der Waals surface area (Å²) >= 11 is 0. The van der Waals surface area contributed by atoms with Crippen LogP contribution in [0.15, 0.2) is 40.9 Å². The Morgan fingerprint density at radius 2 is 2.07 bits per heavy atom. The molecule has 1 aliphatic heterocycles. The molecule has 144 valence electrons. The first-order chi connectivity index (χ1) is 13.1. The summed E-state index contributed by atoms with van der Waals surface area (Å²) in [6.45, 7) is 5.65.